The Hall–Kier alpha value is -3.91. The average molecular weight is 665 g/mol. The summed E-state index contributed by atoms with van der Waals surface area (Å²) in [4.78, 5) is 31.4. The molecule has 1 amide bonds. The molecule has 2 unspecified atom stereocenters. The molecular formula is C40H52N6OS. The van der Waals surface area contributed by atoms with Crippen molar-refractivity contribution in [2.24, 2.45) is 5.92 Å². The van der Waals surface area contributed by atoms with E-state index in [1.165, 1.54) is 17.5 Å². The highest BCUT2D eigenvalue weighted by Gasteiger charge is 2.40. The van der Waals surface area contributed by atoms with Gasteiger partial charge in [0.25, 0.3) is 5.91 Å². The Kier molecular flexibility index (Phi) is 10.3. The second kappa shape index (κ2) is 13.9. The normalized spacial score (nSPS) is 16.9. The largest absolute Gasteiger partial charge is 0.362 e. The number of hydrogen-bond donors (Lipinski definition) is 2. The van der Waals surface area contributed by atoms with Crippen LogP contribution >= 0.6 is 11.9 Å². The molecule has 0 radical (unpaired) electrons. The maximum absolute atomic E-state index is 14.2. The summed E-state index contributed by atoms with van der Waals surface area (Å²) in [6, 6.07) is 22.4. The number of pyridine rings is 3. The summed E-state index contributed by atoms with van der Waals surface area (Å²) in [6.07, 6.45) is 3.78. The van der Waals surface area contributed by atoms with Crippen molar-refractivity contribution in [1.82, 2.24) is 19.7 Å². The topological polar surface area (TPSA) is 83.0 Å². The molecule has 2 atom stereocenters. The number of rotatable bonds is 9. The Morgan fingerprint density at radius 2 is 1.71 bits per heavy atom. The van der Waals surface area contributed by atoms with Crippen molar-refractivity contribution >= 4 is 29.5 Å². The van der Waals surface area contributed by atoms with E-state index in [-0.39, 0.29) is 28.3 Å². The molecule has 0 spiro atoms. The van der Waals surface area contributed by atoms with Gasteiger partial charge in [-0.1, -0.05) is 91.8 Å². The lowest BCUT2D eigenvalue weighted by molar-refractivity contribution is 0.0984. The first kappa shape index (κ1) is 35.4. The van der Waals surface area contributed by atoms with Crippen molar-refractivity contribution in [3.63, 3.8) is 0 Å². The van der Waals surface area contributed by atoms with Crippen LogP contribution < -0.4 is 14.9 Å². The Bertz CT molecular complexity index is 1740. The number of anilines is 2. The van der Waals surface area contributed by atoms with Gasteiger partial charge < -0.3 is 10.2 Å². The first-order chi connectivity index (χ1) is 22.6. The van der Waals surface area contributed by atoms with E-state index in [9.17, 15) is 4.79 Å². The molecule has 1 saturated heterocycles. The molecule has 1 aliphatic heterocycles. The van der Waals surface area contributed by atoms with Crippen LogP contribution in [-0.2, 0) is 10.8 Å². The van der Waals surface area contributed by atoms with Crippen LogP contribution in [0.25, 0.3) is 11.1 Å². The number of carbonyl (C=O) groups is 1. The molecule has 4 aromatic rings. The second-order valence-corrected chi connectivity index (χ2v) is 16.6. The van der Waals surface area contributed by atoms with Crippen LogP contribution in [0.1, 0.15) is 115 Å². The van der Waals surface area contributed by atoms with Crippen LogP contribution in [0.4, 0.5) is 11.6 Å². The summed E-state index contributed by atoms with van der Waals surface area (Å²) in [5.74, 6) is 1.79. The molecule has 1 aliphatic rings. The van der Waals surface area contributed by atoms with Gasteiger partial charge in [-0.3, -0.25) is 14.5 Å². The van der Waals surface area contributed by atoms with Crippen molar-refractivity contribution in [3.8, 4) is 11.1 Å². The summed E-state index contributed by atoms with van der Waals surface area (Å²) in [5.41, 5.74) is 5.50. The van der Waals surface area contributed by atoms with Gasteiger partial charge in [0.05, 0.1) is 23.0 Å². The third-order valence-corrected chi connectivity index (χ3v) is 9.80. The highest BCUT2D eigenvalue weighted by Crippen LogP contribution is 2.41. The minimum atomic E-state index is -0.226. The van der Waals surface area contributed by atoms with Crippen molar-refractivity contribution < 1.29 is 4.79 Å². The fourth-order valence-corrected chi connectivity index (χ4v) is 7.22. The zero-order chi connectivity index (χ0) is 34.9. The van der Waals surface area contributed by atoms with Crippen LogP contribution in [0.5, 0.6) is 0 Å². The third kappa shape index (κ3) is 8.03. The smallest absolute Gasteiger partial charge is 0.265 e. The Labute approximate surface area is 291 Å². The van der Waals surface area contributed by atoms with E-state index in [1.807, 2.05) is 48.7 Å². The molecule has 2 N–H and O–H groups in total. The highest BCUT2D eigenvalue weighted by atomic mass is 32.2. The number of amides is 1. The Morgan fingerprint density at radius 1 is 0.979 bits per heavy atom. The second-order valence-electron chi connectivity index (χ2n) is 15.8. The molecule has 0 aliphatic carbocycles. The average Bonchev–Trinajstić information content (AvgIpc) is 3.32. The van der Waals surface area contributed by atoms with E-state index in [2.05, 4.69) is 113 Å². The molecule has 1 aromatic carbocycles. The lowest BCUT2D eigenvalue weighted by atomic mass is 9.85. The van der Waals surface area contributed by atoms with E-state index >= 15 is 0 Å². The molecule has 1 fully saturated rings. The molecule has 0 bridgehead atoms. The van der Waals surface area contributed by atoms with Gasteiger partial charge in [-0.25, -0.2) is 9.97 Å². The number of nitrogens with one attached hydrogen (secondary N) is 2. The number of hydrogen-bond acceptors (Lipinski definition) is 7. The molecule has 8 heteroatoms. The van der Waals surface area contributed by atoms with E-state index in [0.717, 1.165) is 53.5 Å². The van der Waals surface area contributed by atoms with Gasteiger partial charge in [0.15, 0.2) is 0 Å². The van der Waals surface area contributed by atoms with Gasteiger partial charge in [-0.05, 0) is 79.5 Å². The maximum Gasteiger partial charge on any atom is 0.265 e. The summed E-state index contributed by atoms with van der Waals surface area (Å²) >= 11 is 1.22. The number of aromatic nitrogens is 3. The van der Waals surface area contributed by atoms with Gasteiger partial charge in [0.1, 0.15) is 16.7 Å². The van der Waals surface area contributed by atoms with Crippen molar-refractivity contribution in [2.75, 3.05) is 16.8 Å². The van der Waals surface area contributed by atoms with Crippen molar-refractivity contribution in [3.05, 3.63) is 95.4 Å². The predicted molar refractivity (Wildman–Crippen MR) is 201 cm³/mol. The summed E-state index contributed by atoms with van der Waals surface area (Å²) in [7, 11) is 0. The fraction of sp³-hybridized carbons (Fsp3) is 0.450. The van der Waals surface area contributed by atoms with Gasteiger partial charge in [-0.2, -0.15) is 0 Å². The number of nitrogens with zero attached hydrogens (tertiary/aromatic N) is 4. The van der Waals surface area contributed by atoms with E-state index < -0.39 is 0 Å². The summed E-state index contributed by atoms with van der Waals surface area (Å²) in [6.45, 7) is 23.0. The lowest BCUT2D eigenvalue weighted by Gasteiger charge is -2.35. The summed E-state index contributed by atoms with van der Waals surface area (Å²) < 4.78 is 3.11. The molecule has 254 valence electrons. The molecule has 3 aromatic heterocycles. The Balaban J connectivity index is 1.44. The van der Waals surface area contributed by atoms with Crippen molar-refractivity contribution in [1.29, 1.82) is 0 Å². The lowest BCUT2D eigenvalue weighted by Crippen LogP contribution is -2.40. The third-order valence-electron chi connectivity index (χ3n) is 9.08. The standard InChI is InChI=1S/C40H52N6OS/c1-11-31(32-22-28(20-21-41-32)38(3,4)5)42-33-18-15-19-34(43-33)48-45-37(47)30-23-29(27-16-13-12-14-17-27)35(39(6,7)8)44-36(30)46-25-26(2)24-40(46,9)10/h12-23,26,31H,11,24-25H2,1-10H3,(H,42,43)(H,45,47). The molecular weight excluding hydrogens is 613 g/mol. The van der Waals surface area contributed by atoms with E-state index in [4.69, 9.17) is 9.97 Å². The first-order valence-electron chi connectivity index (χ1n) is 17.1. The monoisotopic (exact) mass is 664 g/mol. The summed E-state index contributed by atoms with van der Waals surface area (Å²) in [5, 5.41) is 4.27. The molecule has 48 heavy (non-hydrogen) atoms. The van der Waals surface area contributed by atoms with E-state index in [1.54, 1.807) is 0 Å². The zero-order valence-electron chi connectivity index (χ0n) is 30.3. The molecule has 0 saturated carbocycles. The SMILES string of the molecule is CCC(Nc1cccc(SNC(=O)c2cc(-c3ccccc3)c(C(C)(C)C)nc2N2CC(C)CC2(C)C)n1)c1cc(C(C)(C)C)ccn1. The quantitative estimate of drug-likeness (QED) is 0.172. The molecule has 4 heterocycles. The predicted octanol–water partition coefficient (Wildman–Crippen LogP) is 9.76. The molecule has 7 nitrogen and oxygen atoms in total. The molecule has 5 rings (SSSR count). The minimum absolute atomic E-state index is 0.00668. The van der Waals surface area contributed by atoms with Crippen LogP contribution in [0.2, 0.25) is 0 Å². The van der Waals surface area contributed by atoms with Crippen LogP contribution in [0, 0.1) is 5.92 Å². The van der Waals surface area contributed by atoms with Gasteiger partial charge in [-0.15, -0.1) is 0 Å². The minimum Gasteiger partial charge on any atom is -0.362 e. The van der Waals surface area contributed by atoms with Crippen LogP contribution in [0.3, 0.4) is 0 Å². The fourth-order valence-electron chi connectivity index (χ4n) is 6.62. The van der Waals surface area contributed by atoms with Crippen LogP contribution in [0.15, 0.2) is 78.0 Å². The highest BCUT2D eigenvalue weighted by molar-refractivity contribution is 7.97. The van der Waals surface area contributed by atoms with Crippen LogP contribution in [-0.4, -0.2) is 32.9 Å². The number of carbonyl (C=O) groups excluding carboxylic acids is 1. The first-order valence-corrected chi connectivity index (χ1v) is 17.9. The Morgan fingerprint density at radius 3 is 2.33 bits per heavy atom. The van der Waals surface area contributed by atoms with Gasteiger partial charge >= 0.3 is 0 Å². The van der Waals surface area contributed by atoms with Crippen molar-refractivity contribution in [2.45, 2.75) is 110 Å². The number of benzene rings is 1. The van der Waals surface area contributed by atoms with Gasteiger partial charge in [0, 0.05) is 41.2 Å². The van der Waals surface area contributed by atoms with Gasteiger partial charge in [0.2, 0.25) is 0 Å². The van der Waals surface area contributed by atoms with E-state index in [0.29, 0.717) is 16.5 Å². The zero-order valence-corrected chi connectivity index (χ0v) is 31.1. The maximum atomic E-state index is 14.2.